The molecule has 0 aliphatic heterocycles. The third-order valence-corrected chi connectivity index (χ3v) is 3.13. The van der Waals surface area contributed by atoms with Crippen molar-refractivity contribution >= 4 is 29.0 Å². The summed E-state index contributed by atoms with van der Waals surface area (Å²) in [6.45, 7) is 3.75. The molecule has 0 atom stereocenters. The third kappa shape index (κ3) is 5.24. The van der Waals surface area contributed by atoms with E-state index in [9.17, 15) is 14.4 Å². The summed E-state index contributed by atoms with van der Waals surface area (Å²) in [5.41, 5.74) is 0. The van der Waals surface area contributed by atoms with Gasteiger partial charge in [0.1, 0.15) is 0 Å². The predicted molar refractivity (Wildman–Crippen MR) is 75.5 cm³/mol. The van der Waals surface area contributed by atoms with E-state index in [0.717, 1.165) is 11.3 Å². The van der Waals surface area contributed by atoms with E-state index in [0.29, 0.717) is 22.7 Å². The van der Waals surface area contributed by atoms with E-state index in [1.165, 1.54) is 6.92 Å². The molecule has 0 aliphatic carbocycles. The molecule has 20 heavy (non-hydrogen) atoms. The summed E-state index contributed by atoms with van der Waals surface area (Å²) >= 11 is 1.15. The summed E-state index contributed by atoms with van der Waals surface area (Å²) in [4.78, 5) is 34.6. The van der Waals surface area contributed by atoms with Crippen LogP contribution in [-0.2, 0) is 14.3 Å². The number of nitrogens with one attached hydrogen (secondary N) is 1. The van der Waals surface area contributed by atoms with Crippen molar-refractivity contribution in [2.45, 2.75) is 20.3 Å². The Morgan fingerprint density at radius 1 is 1.35 bits per heavy atom. The molecule has 0 spiro atoms. The number of esters is 1. The van der Waals surface area contributed by atoms with Gasteiger partial charge in [0.2, 0.25) is 5.91 Å². The molecular formula is C14H15NO4S. The van der Waals surface area contributed by atoms with Crippen LogP contribution in [0, 0.1) is 11.8 Å². The summed E-state index contributed by atoms with van der Waals surface area (Å²) in [6.07, 6.45) is 0.526. The molecule has 1 rings (SSSR count). The maximum Gasteiger partial charge on any atom is 0.380 e. The second-order valence-electron chi connectivity index (χ2n) is 3.75. The number of ether oxygens (including phenoxy) is 1. The van der Waals surface area contributed by atoms with Crippen LogP contribution in [0.1, 0.15) is 34.8 Å². The van der Waals surface area contributed by atoms with Gasteiger partial charge in [-0.2, -0.15) is 0 Å². The van der Waals surface area contributed by atoms with Crippen LogP contribution >= 0.6 is 11.3 Å². The number of carbonyl (C=O) groups is 3. The highest BCUT2D eigenvalue weighted by Gasteiger charge is 2.18. The van der Waals surface area contributed by atoms with Crippen molar-refractivity contribution in [1.82, 2.24) is 5.32 Å². The molecule has 1 heterocycles. The molecule has 0 fully saturated rings. The predicted octanol–water partition coefficient (Wildman–Crippen LogP) is 1.37. The lowest BCUT2D eigenvalue weighted by Crippen LogP contribution is -2.20. The van der Waals surface area contributed by atoms with Gasteiger partial charge in [0.25, 0.3) is 5.78 Å². The van der Waals surface area contributed by atoms with Gasteiger partial charge in [0.05, 0.1) is 16.4 Å². The van der Waals surface area contributed by atoms with Gasteiger partial charge in [-0.15, -0.1) is 11.3 Å². The Hall–Kier alpha value is -2.13. The van der Waals surface area contributed by atoms with Gasteiger partial charge >= 0.3 is 5.97 Å². The number of hydrogen-bond donors (Lipinski definition) is 1. The summed E-state index contributed by atoms with van der Waals surface area (Å²) < 4.78 is 4.64. The van der Waals surface area contributed by atoms with E-state index in [4.69, 9.17) is 0 Å². The fraction of sp³-hybridized carbons (Fsp3) is 0.357. The lowest BCUT2D eigenvalue weighted by atomic mass is 10.3. The summed E-state index contributed by atoms with van der Waals surface area (Å²) in [6, 6.07) is 3.24. The highest BCUT2D eigenvalue weighted by Crippen LogP contribution is 2.16. The SMILES string of the molecule is CCOC(=O)C(=O)c1ccc(C#CCCNC(C)=O)s1. The second-order valence-corrected chi connectivity index (χ2v) is 4.83. The number of ketones is 1. The van der Waals surface area contributed by atoms with Crippen LogP contribution in [0.3, 0.4) is 0 Å². The largest absolute Gasteiger partial charge is 0.460 e. The lowest BCUT2D eigenvalue weighted by molar-refractivity contribution is -0.137. The van der Waals surface area contributed by atoms with E-state index < -0.39 is 11.8 Å². The molecule has 0 unspecified atom stereocenters. The van der Waals surface area contributed by atoms with Gasteiger partial charge < -0.3 is 10.1 Å². The monoisotopic (exact) mass is 293 g/mol. The van der Waals surface area contributed by atoms with Gasteiger partial charge in [-0.05, 0) is 19.1 Å². The third-order valence-electron chi connectivity index (χ3n) is 2.13. The number of hydrogen-bond acceptors (Lipinski definition) is 5. The first-order valence-electron chi connectivity index (χ1n) is 6.09. The van der Waals surface area contributed by atoms with Gasteiger partial charge in [0, 0.05) is 19.9 Å². The smallest absolute Gasteiger partial charge is 0.380 e. The zero-order valence-electron chi connectivity index (χ0n) is 11.3. The minimum absolute atomic E-state index is 0.0924. The van der Waals surface area contributed by atoms with Crippen molar-refractivity contribution in [3.8, 4) is 11.8 Å². The van der Waals surface area contributed by atoms with Crippen LogP contribution in [-0.4, -0.2) is 30.8 Å². The van der Waals surface area contributed by atoms with E-state index in [1.807, 2.05) is 0 Å². The molecule has 1 aromatic rings. The van der Waals surface area contributed by atoms with Gasteiger partial charge in [-0.1, -0.05) is 11.8 Å². The highest BCUT2D eigenvalue weighted by molar-refractivity contribution is 7.15. The fourth-order valence-corrected chi connectivity index (χ4v) is 2.08. The Morgan fingerprint density at radius 3 is 2.75 bits per heavy atom. The first-order valence-corrected chi connectivity index (χ1v) is 6.90. The molecule has 0 saturated heterocycles. The molecule has 0 aliphatic rings. The molecule has 6 heteroatoms. The standard InChI is InChI=1S/C14H15NO4S/c1-3-19-14(18)13(17)12-8-7-11(20-12)6-4-5-9-15-10(2)16/h7-8H,3,5,9H2,1-2H3,(H,15,16). The van der Waals surface area contributed by atoms with Crippen LogP contribution in [0.15, 0.2) is 12.1 Å². The van der Waals surface area contributed by atoms with E-state index in [1.54, 1.807) is 19.1 Å². The molecule has 1 N–H and O–H groups in total. The maximum absolute atomic E-state index is 11.6. The quantitative estimate of drug-likeness (QED) is 0.293. The normalized spacial score (nSPS) is 9.30. The molecule has 1 amide bonds. The summed E-state index contributed by atoms with van der Waals surface area (Å²) in [7, 11) is 0. The summed E-state index contributed by atoms with van der Waals surface area (Å²) in [5.74, 6) is 4.17. The Balaban J connectivity index is 2.55. The molecule has 0 radical (unpaired) electrons. The molecule has 5 nitrogen and oxygen atoms in total. The van der Waals surface area contributed by atoms with E-state index in [2.05, 4.69) is 21.9 Å². The van der Waals surface area contributed by atoms with E-state index in [-0.39, 0.29) is 12.5 Å². The maximum atomic E-state index is 11.6. The van der Waals surface area contributed by atoms with Crippen molar-refractivity contribution < 1.29 is 19.1 Å². The topological polar surface area (TPSA) is 72.5 Å². The van der Waals surface area contributed by atoms with Crippen molar-refractivity contribution in [3.63, 3.8) is 0 Å². The van der Waals surface area contributed by atoms with Crippen molar-refractivity contribution in [1.29, 1.82) is 0 Å². The minimum atomic E-state index is -0.848. The van der Waals surface area contributed by atoms with Gasteiger partial charge in [-0.25, -0.2) is 4.79 Å². The first-order chi connectivity index (χ1) is 9.54. The number of Topliss-reactive ketones (excluding diaryl/α,β-unsaturated/α-hetero) is 1. The Labute approximate surface area is 121 Å². The average Bonchev–Trinajstić information content (AvgIpc) is 2.86. The zero-order chi connectivity index (χ0) is 15.0. The molecule has 1 aromatic heterocycles. The molecule has 0 saturated carbocycles. The van der Waals surface area contributed by atoms with Gasteiger partial charge in [-0.3, -0.25) is 9.59 Å². The van der Waals surface area contributed by atoms with Crippen LogP contribution in [0.5, 0.6) is 0 Å². The first kappa shape index (κ1) is 15.9. The van der Waals surface area contributed by atoms with Gasteiger partial charge in [0.15, 0.2) is 0 Å². The number of amides is 1. The molecule has 106 valence electrons. The lowest BCUT2D eigenvalue weighted by Gasteiger charge is -1.97. The Kier molecular flexibility index (Phi) is 6.47. The van der Waals surface area contributed by atoms with E-state index >= 15 is 0 Å². The summed E-state index contributed by atoms with van der Waals surface area (Å²) in [5, 5.41) is 2.63. The zero-order valence-corrected chi connectivity index (χ0v) is 12.1. The van der Waals surface area contributed by atoms with Crippen molar-refractivity contribution in [2.24, 2.45) is 0 Å². The minimum Gasteiger partial charge on any atom is -0.460 e. The average molecular weight is 293 g/mol. The van der Waals surface area contributed by atoms with Crippen molar-refractivity contribution in [3.05, 3.63) is 21.9 Å². The molecule has 0 aromatic carbocycles. The second kappa shape index (κ2) is 8.12. The molecule has 0 bridgehead atoms. The van der Waals surface area contributed by atoms with Crippen LogP contribution in [0.2, 0.25) is 0 Å². The Bertz CT molecular complexity index is 565. The number of rotatable bonds is 5. The Morgan fingerprint density at radius 2 is 2.10 bits per heavy atom. The van der Waals surface area contributed by atoms with Crippen LogP contribution < -0.4 is 5.32 Å². The number of thiophene rings is 1. The fourth-order valence-electron chi connectivity index (χ4n) is 1.27. The molecular weight excluding hydrogens is 278 g/mol. The number of carbonyl (C=O) groups excluding carboxylic acids is 3. The van der Waals surface area contributed by atoms with Crippen LogP contribution in [0.4, 0.5) is 0 Å². The highest BCUT2D eigenvalue weighted by atomic mass is 32.1. The van der Waals surface area contributed by atoms with Crippen LogP contribution in [0.25, 0.3) is 0 Å². The van der Waals surface area contributed by atoms with Crippen molar-refractivity contribution in [2.75, 3.05) is 13.2 Å².